The molecule has 2 aromatic heterocycles. The van der Waals surface area contributed by atoms with Crippen LogP contribution in [0.4, 0.5) is 5.69 Å². The van der Waals surface area contributed by atoms with Crippen molar-refractivity contribution >= 4 is 97.5 Å². The molecule has 3 aromatic carbocycles. The second-order valence-corrected chi connectivity index (χ2v) is 16.9. The van der Waals surface area contributed by atoms with Crippen molar-refractivity contribution in [2.45, 2.75) is 37.6 Å². The zero-order valence-electron chi connectivity index (χ0n) is 25.1. The number of hydrogen-bond donors (Lipinski definition) is 0. The van der Waals surface area contributed by atoms with E-state index < -0.39 is 31.7 Å². The third kappa shape index (κ3) is 6.98. The molecule has 0 spiro atoms. The zero-order valence-corrected chi connectivity index (χ0v) is 29.2. The number of thiophene rings is 1. The molecule has 242 valence electrons. The molecular weight excluding hydrogens is 685 g/mol. The molecule has 46 heavy (non-hydrogen) atoms. The zero-order chi connectivity index (χ0) is 32.6. The highest BCUT2D eigenvalue weighted by atomic mass is 32.2. The molecule has 0 saturated heterocycles. The largest absolute Gasteiger partial charge is 0.748 e. The number of aromatic nitrogens is 1. The highest BCUT2D eigenvalue weighted by molar-refractivity contribution is 8.04. The van der Waals surface area contributed by atoms with E-state index in [2.05, 4.69) is 40.7 Å². The highest BCUT2D eigenvalue weighted by Gasteiger charge is 2.28. The number of benzene rings is 3. The lowest BCUT2D eigenvalue weighted by molar-refractivity contribution is -0.667. The summed E-state index contributed by atoms with van der Waals surface area (Å²) in [5.41, 5.74) is 2.95. The van der Waals surface area contributed by atoms with Crippen LogP contribution in [0.5, 0.6) is 5.75 Å². The molecule has 0 atom stereocenters. The Hall–Kier alpha value is -2.98. The number of methoxy groups -OCH3 is 1. The molecule has 0 saturated carbocycles. The fraction of sp³-hybridized carbons (Fsp3) is 0.281. The molecule has 6 rings (SSSR count). The van der Waals surface area contributed by atoms with Gasteiger partial charge in [0.1, 0.15) is 15.1 Å². The Kier molecular flexibility index (Phi) is 9.50. The Morgan fingerprint density at radius 3 is 2.50 bits per heavy atom. The summed E-state index contributed by atoms with van der Waals surface area (Å²) in [5, 5.41) is 7.01. The maximum Gasteiger partial charge on any atom is 0.263 e. The fourth-order valence-electron chi connectivity index (χ4n) is 5.70. The van der Waals surface area contributed by atoms with E-state index >= 15 is 0 Å². The molecule has 3 heterocycles. The number of aryl methyl sites for hydroxylation is 1. The number of ether oxygens (including phenoxy) is 1. The van der Waals surface area contributed by atoms with Crippen LogP contribution in [0.15, 0.2) is 75.5 Å². The molecule has 0 radical (unpaired) electrons. The van der Waals surface area contributed by atoms with Gasteiger partial charge in [-0.25, -0.2) is 16.8 Å². The van der Waals surface area contributed by atoms with Crippen molar-refractivity contribution in [1.82, 2.24) is 0 Å². The van der Waals surface area contributed by atoms with Crippen LogP contribution >= 0.6 is 34.4 Å². The Balaban J connectivity index is 1.45. The minimum Gasteiger partial charge on any atom is -0.748 e. The van der Waals surface area contributed by atoms with Crippen LogP contribution < -0.4 is 14.2 Å². The van der Waals surface area contributed by atoms with Crippen molar-refractivity contribution in [3.05, 3.63) is 75.6 Å². The monoisotopic (exact) mass is 715 g/mol. The average molecular weight is 716 g/mol. The summed E-state index contributed by atoms with van der Waals surface area (Å²) in [6, 6.07) is 16.2. The SMILES string of the molecule is CCC(=Cc1sc2cc(OC)c3ccsc3c2[n+]1CCCS(=O)(=O)[O-])C=C1Sc2c(ccc3ccccc23)N1CCCS(=O)(=O)[O-]. The van der Waals surface area contributed by atoms with Gasteiger partial charge in [0.05, 0.1) is 38.1 Å². The quantitative estimate of drug-likeness (QED) is 0.103. The number of rotatable bonds is 12. The lowest BCUT2D eigenvalue weighted by Gasteiger charge is -2.21. The van der Waals surface area contributed by atoms with Crippen molar-refractivity contribution in [3.63, 3.8) is 0 Å². The van der Waals surface area contributed by atoms with Crippen LogP contribution in [-0.4, -0.2) is 51.1 Å². The summed E-state index contributed by atoms with van der Waals surface area (Å²) in [6.45, 7) is 2.77. The first-order valence-corrected chi connectivity index (χ1v) is 20.3. The van der Waals surface area contributed by atoms with Crippen molar-refractivity contribution < 1.29 is 35.2 Å². The number of allylic oxidation sites excluding steroid dienone is 2. The number of thioether (sulfide) groups is 1. The Labute approximate surface area is 280 Å². The molecule has 5 aromatic rings. The fourth-order valence-corrected chi connectivity index (χ4v) is 10.2. The third-order valence-electron chi connectivity index (χ3n) is 7.81. The van der Waals surface area contributed by atoms with Gasteiger partial charge in [0.25, 0.3) is 5.01 Å². The van der Waals surface area contributed by atoms with Crippen LogP contribution in [0.1, 0.15) is 31.2 Å². The smallest absolute Gasteiger partial charge is 0.263 e. The molecule has 1 aliphatic heterocycles. The normalized spacial score (nSPS) is 15.1. The van der Waals surface area contributed by atoms with Gasteiger partial charge < -0.3 is 18.7 Å². The second-order valence-electron chi connectivity index (χ2n) is 10.9. The van der Waals surface area contributed by atoms with Gasteiger partial charge in [-0.05, 0) is 52.8 Å². The van der Waals surface area contributed by atoms with Crippen molar-refractivity contribution in [2.75, 3.05) is 30.1 Å². The second kappa shape index (κ2) is 13.3. The number of nitrogens with zero attached hydrogens (tertiary/aromatic N) is 2. The molecule has 0 aliphatic carbocycles. The van der Waals surface area contributed by atoms with Gasteiger partial charge in [0.15, 0.2) is 6.54 Å². The minimum atomic E-state index is -4.36. The predicted octanol–water partition coefficient (Wildman–Crippen LogP) is 6.68. The first kappa shape index (κ1) is 32.9. The lowest BCUT2D eigenvalue weighted by Crippen LogP contribution is -2.36. The first-order valence-electron chi connectivity index (χ1n) is 14.6. The minimum absolute atomic E-state index is 0.180. The van der Waals surface area contributed by atoms with Crippen LogP contribution in [-0.2, 0) is 26.8 Å². The van der Waals surface area contributed by atoms with E-state index in [1.165, 1.54) is 0 Å². The van der Waals surface area contributed by atoms with Gasteiger partial charge >= 0.3 is 0 Å². The summed E-state index contributed by atoms with van der Waals surface area (Å²) < 4.78 is 78.4. The molecule has 0 bridgehead atoms. The number of hydrogen-bond acceptors (Lipinski definition) is 11. The Morgan fingerprint density at radius 2 is 1.76 bits per heavy atom. The summed E-state index contributed by atoms with van der Waals surface area (Å²) in [4.78, 5) is 3.16. The molecule has 9 nitrogen and oxygen atoms in total. The summed E-state index contributed by atoms with van der Waals surface area (Å²) in [6.07, 6.45) is 5.25. The predicted molar refractivity (Wildman–Crippen MR) is 186 cm³/mol. The molecular formula is C32H31N2O7S5-. The van der Waals surface area contributed by atoms with Gasteiger partial charge in [-0.1, -0.05) is 60.4 Å². The number of fused-ring (bicyclic) bond motifs is 6. The van der Waals surface area contributed by atoms with Crippen molar-refractivity contribution in [1.29, 1.82) is 0 Å². The molecule has 0 unspecified atom stereocenters. The van der Waals surface area contributed by atoms with Crippen LogP contribution in [0.3, 0.4) is 0 Å². The standard InChI is InChI=1S/C32H32N2O7S5/c1-3-21(18-28-33(13-6-16-45(35,36)37)25-11-10-22-8-4-5-9-23(22)31(25)44-28)19-29-34(14-7-17-46(38,39)40)30-27(43-29)20-26(41-2)24-12-15-42-32(24)30/h4-5,8-12,15,18-20H,3,6-7,13-14,16-17H2,1-2H3,(H-,35,36,37,38,39,40)/p-1. The van der Waals surface area contributed by atoms with Gasteiger partial charge in [0.2, 0.25) is 5.52 Å². The Bertz CT molecular complexity index is 2240. The first-order chi connectivity index (χ1) is 22.0. The van der Waals surface area contributed by atoms with E-state index in [0.717, 1.165) is 63.0 Å². The van der Waals surface area contributed by atoms with Crippen LogP contribution in [0.25, 0.3) is 37.2 Å². The third-order valence-corrected chi connectivity index (χ3v) is 12.6. The topological polar surface area (TPSA) is 131 Å². The van der Waals surface area contributed by atoms with E-state index in [4.69, 9.17) is 4.74 Å². The van der Waals surface area contributed by atoms with E-state index in [1.54, 1.807) is 41.5 Å². The molecule has 1 aliphatic rings. The van der Waals surface area contributed by atoms with Crippen molar-refractivity contribution in [2.24, 2.45) is 0 Å². The van der Waals surface area contributed by atoms with E-state index in [9.17, 15) is 25.9 Å². The number of anilines is 1. The molecule has 0 fully saturated rings. The molecule has 0 amide bonds. The van der Waals surface area contributed by atoms with E-state index in [-0.39, 0.29) is 12.8 Å². The van der Waals surface area contributed by atoms with E-state index in [0.29, 0.717) is 19.5 Å². The van der Waals surface area contributed by atoms with Crippen LogP contribution in [0.2, 0.25) is 0 Å². The van der Waals surface area contributed by atoms with E-state index in [1.807, 2.05) is 41.8 Å². The van der Waals surface area contributed by atoms with Crippen LogP contribution in [0, 0.1) is 0 Å². The lowest BCUT2D eigenvalue weighted by atomic mass is 10.1. The van der Waals surface area contributed by atoms with Gasteiger partial charge in [0, 0.05) is 46.9 Å². The maximum absolute atomic E-state index is 11.5. The van der Waals surface area contributed by atoms with Gasteiger partial charge in [-0.2, -0.15) is 4.57 Å². The highest BCUT2D eigenvalue weighted by Crippen LogP contribution is 2.50. The van der Waals surface area contributed by atoms with Gasteiger partial charge in [-0.15, -0.1) is 11.3 Å². The maximum atomic E-state index is 11.5. The molecule has 14 heteroatoms. The molecule has 0 N–H and O–H groups in total. The summed E-state index contributed by atoms with van der Waals surface area (Å²) >= 11 is 4.78. The Morgan fingerprint density at radius 1 is 1.00 bits per heavy atom. The average Bonchev–Trinajstić information content (AvgIpc) is 3.71. The number of thiazole rings is 1. The summed E-state index contributed by atoms with van der Waals surface area (Å²) in [7, 11) is -7.07. The van der Waals surface area contributed by atoms with Gasteiger partial charge in [-0.3, -0.25) is 0 Å². The summed E-state index contributed by atoms with van der Waals surface area (Å²) in [5.74, 6) is -0.135. The van der Waals surface area contributed by atoms with Crippen molar-refractivity contribution in [3.8, 4) is 5.75 Å².